The van der Waals surface area contributed by atoms with E-state index < -0.39 is 0 Å². The second-order valence-corrected chi connectivity index (χ2v) is 6.58. The Labute approximate surface area is 121 Å². The summed E-state index contributed by atoms with van der Waals surface area (Å²) in [6.07, 6.45) is 8.94. The van der Waals surface area contributed by atoms with Crippen LogP contribution in [0.4, 0.5) is 4.79 Å². The van der Waals surface area contributed by atoms with Crippen LogP contribution in [0.3, 0.4) is 0 Å². The Hall–Kier alpha value is -0.810. The van der Waals surface area contributed by atoms with E-state index in [0.29, 0.717) is 12.1 Å². The van der Waals surface area contributed by atoms with Crippen molar-refractivity contribution in [2.24, 2.45) is 0 Å². The van der Waals surface area contributed by atoms with Crippen molar-refractivity contribution in [2.45, 2.75) is 69.1 Å². The molecule has 0 atom stereocenters. The van der Waals surface area contributed by atoms with E-state index in [1.165, 1.54) is 12.8 Å². The number of hydrogen-bond acceptors (Lipinski definition) is 3. The highest BCUT2D eigenvalue weighted by Crippen LogP contribution is 2.32. The molecule has 0 radical (unpaired) electrons. The number of urea groups is 1. The first-order chi connectivity index (χ1) is 9.76. The zero-order valence-corrected chi connectivity index (χ0v) is 12.2. The molecule has 1 heterocycles. The van der Waals surface area contributed by atoms with E-state index in [0.717, 1.165) is 58.2 Å². The number of carbonyl (C=O) groups excluding carboxylic acids is 1. The molecule has 1 saturated heterocycles. The first-order valence-corrected chi connectivity index (χ1v) is 8.18. The predicted octanol–water partition coefficient (Wildman–Crippen LogP) is 1.53. The summed E-state index contributed by atoms with van der Waals surface area (Å²) in [4.78, 5) is 12.0. The number of nitrogens with one attached hydrogen (secondary N) is 3. The lowest BCUT2D eigenvalue weighted by Gasteiger charge is -2.43. The van der Waals surface area contributed by atoms with Crippen molar-refractivity contribution in [3.8, 4) is 0 Å². The zero-order chi connectivity index (χ0) is 13.8. The molecular weight excluding hydrogens is 254 g/mol. The van der Waals surface area contributed by atoms with Crippen LogP contribution < -0.4 is 16.0 Å². The standard InChI is InChI=1S/C15H27N3O2/c19-14(17-12-3-1-2-4-12)18-13-5-7-15(8-6-13)11-16-9-10-20-15/h12-13,16H,1-11H2,(H2,17,18,19). The summed E-state index contributed by atoms with van der Waals surface area (Å²) in [5, 5.41) is 9.67. The van der Waals surface area contributed by atoms with Gasteiger partial charge in [0.2, 0.25) is 0 Å². The second kappa shape index (κ2) is 6.31. The molecule has 0 unspecified atom stereocenters. The van der Waals surface area contributed by atoms with Gasteiger partial charge in [-0.15, -0.1) is 0 Å². The Balaban J connectivity index is 1.40. The van der Waals surface area contributed by atoms with Crippen LogP contribution in [0.5, 0.6) is 0 Å². The van der Waals surface area contributed by atoms with Gasteiger partial charge in [-0.25, -0.2) is 4.79 Å². The lowest BCUT2D eigenvalue weighted by molar-refractivity contribution is -0.0907. The van der Waals surface area contributed by atoms with Gasteiger partial charge in [-0.1, -0.05) is 12.8 Å². The van der Waals surface area contributed by atoms with Crippen molar-refractivity contribution in [2.75, 3.05) is 19.7 Å². The van der Waals surface area contributed by atoms with Gasteiger partial charge >= 0.3 is 6.03 Å². The molecule has 0 bridgehead atoms. The molecule has 3 rings (SSSR count). The van der Waals surface area contributed by atoms with Crippen molar-refractivity contribution < 1.29 is 9.53 Å². The van der Waals surface area contributed by atoms with Gasteiger partial charge in [0.15, 0.2) is 0 Å². The molecular formula is C15H27N3O2. The van der Waals surface area contributed by atoms with Crippen molar-refractivity contribution in [1.82, 2.24) is 16.0 Å². The van der Waals surface area contributed by atoms with Crippen LogP contribution in [-0.4, -0.2) is 43.4 Å². The molecule has 114 valence electrons. The molecule has 0 aromatic carbocycles. The molecule has 2 amide bonds. The smallest absolute Gasteiger partial charge is 0.315 e. The summed E-state index contributed by atoms with van der Waals surface area (Å²) in [6.45, 7) is 2.75. The first kappa shape index (κ1) is 14.1. The fourth-order valence-corrected chi connectivity index (χ4v) is 3.80. The van der Waals surface area contributed by atoms with Crippen LogP contribution in [0.25, 0.3) is 0 Å². The highest BCUT2D eigenvalue weighted by atomic mass is 16.5. The highest BCUT2D eigenvalue weighted by molar-refractivity contribution is 5.74. The maximum absolute atomic E-state index is 12.0. The fraction of sp³-hybridized carbons (Fsp3) is 0.933. The number of hydrogen-bond donors (Lipinski definition) is 3. The number of ether oxygens (including phenoxy) is 1. The van der Waals surface area contributed by atoms with Crippen LogP contribution in [0.15, 0.2) is 0 Å². The maximum atomic E-state index is 12.0. The van der Waals surface area contributed by atoms with Gasteiger partial charge in [-0.05, 0) is 38.5 Å². The Morgan fingerprint density at radius 1 is 1.05 bits per heavy atom. The Bertz CT molecular complexity index is 326. The fourth-order valence-electron chi connectivity index (χ4n) is 3.80. The van der Waals surface area contributed by atoms with Crippen LogP contribution in [-0.2, 0) is 4.74 Å². The lowest BCUT2D eigenvalue weighted by Crippen LogP contribution is -2.54. The largest absolute Gasteiger partial charge is 0.372 e. The summed E-state index contributed by atoms with van der Waals surface area (Å²) < 4.78 is 5.98. The normalized spacial score (nSPS) is 35.1. The number of morpholine rings is 1. The molecule has 2 saturated carbocycles. The molecule has 3 fully saturated rings. The van der Waals surface area contributed by atoms with Gasteiger partial charge in [-0.2, -0.15) is 0 Å². The van der Waals surface area contributed by atoms with E-state index >= 15 is 0 Å². The van der Waals surface area contributed by atoms with Gasteiger partial charge in [0.25, 0.3) is 0 Å². The van der Waals surface area contributed by atoms with E-state index in [2.05, 4.69) is 16.0 Å². The van der Waals surface area contributed by atoms with E-state index in [4.69, 9.17) is 4.74 Å². The summed E-state index contributed by atoms with van der Waals surface area (Å²) in [5.74, 6) is 0. The van der Waals surface area contributed by atoms with Crippen molar-refractivity contribution in [3.05, 3.63) is 0 Å². The minimum Gasteiger partial charge on any atom is -0.372 e. The molecule has 0 aromatic rings. The summed E-state index contributed by atoms with van der Waals surface area (Å²) in [7, 11) is 0. The zero-order valence-electron chi connectivity index (χ0n) is 12.2. The van der Waals surface area contributed by atoms with Crippen LogP contribution in [0, 0.1) is 0 Å². The molecule has 1 aliphatic heterocycles. The molecule has 2 aliphatic carbocycles. The molecule has 5 nitrogen and oxygen atoms in total. The molecule has 1 spiro atoms. The van der Waals surface area contributed by atoms with Gasteiger partial charge < -0.3 is 20.7 Å². The number of amides is 2. The van der Waals surface area contributed by atoms with E-state index in [1.54, 1.807) is 0 Å². The minimum atomic E-state index is 0.0283. The second-order valence-electron chi connectivity index (χ2n) is 6.58. The van der Waals surface area contributed by atoms with E-state index in [9.17, 15) is 4.79 Å². The molecule has 3 aliphatic rings. The third-order valence-electron chi connectivity index (χ3n) is 5.06. The van der Waals surface area contributed by atoms with Crippen LogP contribution >= 0.6 is 0 Å². The van der Waals surface area contributed by atoms with Gasteiger partial charge in [0.05, 0.1) is 12.2 Å². The molecule has 3 N–H and O–H groups in total. The van der Waals surface area contributed by atoms with E-state index in [-0.39, 0.29) is 11.6 Å². The van der Waals surface area contributed by atoms with Crippen LogP contribution in [0.1, 0.15) is 51.4 Å². The quantitative estimate of drug-likeness (QED) is 0.719. The SMILES string of the molecule is O=C(NC1CCCC1)NC1CCC2(CC1)CNCCO2. The minimum absolute atomic E-state index is 0.0283. The highest BCUT2D eigenvalue weighted by Gasteiger charge is 2.37. The maximum Gasteiger partial charge on any atom is 0.315 e. The third-order valence-corrected chi connectivity index (χ3v) is 5.06. The molecule has 20 heavy (non-hydrogen) atoms. The summed E-state index contributed by atoms with van der Waals surface area (Å²) >= 11 is 0. The van der Waals surface area contributed by atoms with Crippen molar-refractivity contribution in [3.63, 3.8) is 0 Å². The monoisotopic (exact) mass is 281 g/mol. The molecule has 0 aromatic heterocycles. The Morgan fingerprint density at radius 2 is 1.70 bits per heavy atom. The number of carbonyl (C=O) groups is 1. The number of rotatable bonds is 2. The summed E-state index contributed by atoms with van der Waals surface area (Å²) in [6, 6.07) is 0.740. The van der Waals surface area contributed by atoms with Crippen LogP contribution in [0.2, 0.25) is 0 Å². The van der Waals surface area contributed by atoms with Crippen molar-refractivity contribution in [1.29, 1.82) is 0 Å². The predicted molar refractivity (Wildman–Crippen MR) is 77.7 cm³/mol. The Morgan fingerprint density at radius 3 is 2.30 bits per heavy atom. The Kier molecular flexibility index (Phi) is 4.46. The van der Waals surface area contributed by atoms with Gasteiger partial charge in [0.1, 0.15) is 0 Å². The third kappa shape index (κ3) is 3.44. The lowest BCUT2D eigenvalue weighted by atomic mass is 9.81. The first-order valence-electron chi connectivity index (χ1n) is 8.18. The van der Waals surface area contributed by atoms with Gasteiger partial charge in [0, 0.05) is 25.2 Å². The summed E-state index contributed by atoms with van der Waals surface area (Å²) in [5.41, 5.74) is 0.0400. The average molecular weight is 281 g/mol. The average Bonchev–Trinajstić information content (AvgIpc) is 2.95. The van der Waals surface area contributed by atoms with Crippen molar-refractivity contribution >= 4 is 6.03 Å². The van der Waals surface area contributed by atoms with Gasteiger partial charge in [-0.3, -0.25) is 0 Å². The topological polar surface area (TPSA) is 62.4 Å². The molecule has 5 heteroatoms. The van der Waals surface area contributed by atoms with E-state index in [1.807, 2.05) is 0 Å².